The van der Waals surface area contributed by atoms with Crippen LogP contribution in [0.15, 0.2) is 48.5 Å². The monoisotopic (exact) mass is 221 g/mol. The van der Waals surface area contributed by atoms with Gasteiger partial charge in [-0.3, -0.25) is 0 Å². The van der Waals surface area contributed by atoms with Gasteiger partial charge in [-0.05, 0) is 0 Å². The van der Waals surface area contributed by atoms with Crippen molar-refractivity contribution in [1.29, 1.82) is 0 Å². The Hall–Kier alpha value is 0.0764. The summed E-state index contributed by atoms with van der Waals surface area (Å²) in [4.78, 5) is 0. The van der Waals surface area contributed by atoms with Gasteiger partial charge < -0.3 is 0 Å². The molecule has 0 nitrogen and oxygen atoms in total. The van der Waals surface area contributed by atoms with E-state index in [-0.39, 0.29) is 51.4 Å². The standard InChI is InChI=1S/2C7H7.K/c2*1-7-5-3-2-4-6-7;/h2*3-6H,1H3;/q2*-1;+1. The summed E-state index contributed by atoms with van der Waals surface area (Å²) < 4.78 is 0. The number of hydrogen-bond acceptors (Lipinski definition) is 0. The Balaban J connectivity index is 0.000000245. The van der Waals surface area contributed by atoms with Gasteiger partial charge in [0.15, 0.2) is 0 Å². The fraction of sp³-hybridized carbons (Fsp3) is 0.143. The van der Waals surface area contributed by atoms with Crippen molar-refractivity contribution in [3.05, 3.63) is 71.8 Å². The van der Waals surface area contributed by atoms with E-state index in [9.17, 15) is 0 Å². The van der Waals surface area contributed by atoms with Gasteiger partial charge in [0.25, 0.3) is 0 Å². The first-order valence-electron chi connectivity index (χ1n) is 4.64. The summed E-state index contributed by atoms with van der Waals surface area (Å²) in [5.74, 6) is 0. The van der Waals surface area contributed by atoms with Crippen LogP contribution in [0.4, 0.5) is 0 Å². The molecule has 0 fully saturated rings. The minimum atomic E-state index is 0. The van der Waals surface area contributed by atoms with Crippen molar-refractivity contribution in [2.75, 3.05) is 0 Å². The van der Waals surface area contributed by atoms with Crippen LogP contribution in [0, 0.1) is 26.0 Å². The summed E-state index contributed by atoms with van der Waals surface area (Å²) in [7, 11) is 0. The molecular formula is C14H14K-. The van der Waals surface area contributed by atoms with Crippen molar-refractivity contribution >= 4 is 0 Å². The summed E-state index contributed by atoms with van der Waals surface area (Å²) in [5.41, 5.74) is 2.58. The van der Waals surface area contributed by atoms with Crippen LogP contribution >= 0.6 is 0 Å². The van der Waals surface area contributed by atoms with E-state index in [4.69, 9.17) is 0 Å². The Morgan fingerprint density at radius 3 is 1.07 bits per heavy atom. The van der Waals surface area contributed by atoms with E-state index in [1.807, 2.05) is 48.5 Å². The van der Waals surface area contributed by atoms with Crippen molar-refractivity contribution < 1.29 is 51.4 Å². The van der Waals surface area contributed by atoms with Gasteiger partial charge in [-0.25, -0.2) is 0 Å². The molecule has 15 heavy (non-hydrogen) atoms. The second kappa shape index (κ2) is 9.31. The second-order valence-corrected chi connectivity index (χ2v) is 3.15. The van der Waals surface area contributed by atoms with Gasteiger partial charge in [0.2, 0.25) is 0 Å². The van der Waals surface area contributed by atoms with Gasteiger partial charge in [-0.1, -0.05) is 13.8 Å². The Kier molecular flexibility index (Phi) is 9.36. The number of aryl methyl sites for hydroxylation is 2. The van der Waals surface area contributed by atoms with E-state index in [2.05, 4.69) is 26.0 Å². The van der Waals surface area contributed by atoms with Crippen LogP contribution in [0.3, 0.4) is 0 Å². The molecule has 72 valence electrons. The van der Waals surface area contributed by atoms with E-state index in [1.165, 1.54) is 11.1 Å². The molecule has 0 saturated carbocycles. The minimum absolute atomic E-state index is 0. The topological polar surface area (TPSA) is 0 Å². The molecule has 0 aliphatic rings. The van der Waals surface area contributed by atoms with Crippen LogP contribution in [0.5, 0.6) is 0 Å². The third-order valence-corrected chi connectivity index (χ3v) is 1.77. The van der Waals surface area contributed by atoms with E-state index in [0.717, 1.165) is 0 Å². The van der Waals surface area contributed by atoms with E-state index >= 15 is 0 Å². The Morgan fingerprint density at radius 1 is 0.667 bits per heavy atom. The van der Waals surface area contributed by atoms with Crippen molar-refractivity contribution in [2.45, 2.75) is 13.8 Å². The van der Waals surface area contributed by atoms with Gasteiger partial charge >= 0.3 is 51.4 Å². The van der Waals surface area contributed by atoms with E-state index in [1.54, 1.807) is 0 Å². The zero-order chi connectivity index (χ0) is 10.2. The van der Waals surface area contributed by atoms with Gasteiger partial charge in [-0.2, -0.15) is 71.8 Å². The summed E-state index contributed by atoms with van der Waals surface area (Å²) in [6.07, 6.45) is 0. The maximum absolute atomic E-state index is 2.93. The molecule has 0 bridgehead atoms. The molecule has 2 rings (SSSR count). The Labute approximate surface area is 135 Å². The van der Waals surface area contributed by atoms with Crippen LogP contribution in [-0.4, -0.2) is 0 Å². The maximum atomic E-state index is 2.93. The third-order valence-electron chi connectivity index (χ3n) is 1.77. The van der Waals surface area contributed by atoms with Crippen molar-refractivity contribution in [1.82, 2.24) is 0 Å². The van der Waals surface area contributed by atoms with Crippen LogP contribution in [0.1, 0.15) is 11.1 Å². The summed E-state index contributed by atoms with van der Waals surface area (Å²) in [5, 5.41) is 0. The van der Waals surface area contributed by atoms with Crippen molar-refractivity contribution in [3.63, 3.8) is 0 Å². The maximum Gasteiger partial charge on any atom is 1.00 e. The normalized spacial score (nSPS) is 8.13. The number of hydrogen-bond donors (Lipinski definition) is 0. The van der Waals surface area contributed by atoms with Crippen LogP contribution in [0.25, 0.3) is 0 Å². The molecule has 0 aliphatic carbocycles. The van der Waals surface area contributed by atoms with Crippen LogP contribution in [0.2, 0.25) is 0 Å². The molecule has 0 saturated heterocycles. The first kappa shape index (κ1) is 15.1. The predicted octanol–water partition coefficient (Wildman–Crippen LogP) is 0.594. The molecular weight excluding hydrogens is 207 g/mol. The zero-order valence-corrected chi connectivity index (χ0v) is 12.7. The smallest absolute Gasteiger partial charge is 0.184 e. The Bertz CT molecular complexity index is 303. The van der Waals surface area contributed by atoms with Gasteiger partial charge in [0.05, 0.1) is 0 Å². The molecule has 2 aromatic rings. The number of benzene rings is 2. The molecule has 0 spiro atoms. The fourth-order valence-corrected chi connectivity index (χ4v) is 0.940. The molecule has 1 heteroatoms. The quantitative estimate of drug-likeness (QED) is 0.451. The third kappa shape index (κ3) is 7.94. The van der Waals surface area contributed by atoms with Crippen molar-refractivity contribution in [3.8, 4) is 0 Å². The van der Waals surface area contributed by atoms with Crippen molar-refractivity contribution in [2.24, 2.45) is 0 Å². The average Bonchev–Trinajstić information content (AvgIpc) is 2.21. The van der Waals surface area contributed by atoms with Crippen LogP contribution < -0.4 is 51.4 Å². The first-order chi connectivity index (χ1) is 6.79. The molecule has 2 aromatic carbocycles. The molecule has 0 atom stereocenters. The molecule has 0 aliphatic heterocycles. The SMILES string of the molecule is Cc1cc[c-]cc1.Cc1cc[c-]cc1.[K+]. The molecule has 0 unspecified atom stereocenters. The molecule has 0 amide bonds. The van der Waals surface area contributed by atoms with E-state index < -0.39 is 0 Å². The van der Waals surface area contributed by atoms with Gasteiger partial charge in [-0.15, -0.1) is 0 Å². The molecule has 0 heterocycles. The summed E-state index contributed by atoms with van der Waals surface area (Å²) >= 11 is 0. The first-order valence-corrected chi connectivity index (χ1v) is 4.64. The van der Waals surface area contributed by atoms with Gasteiger partial charge in [0, 0.05) is 0 Å². The fourth-order valence-electron chi connectivity index (χ4n) is 0.940. The summed E-state index contributed by atoms with van der Waals surface area (Å²) in [6.45, 7) is 4.13. The van der Waals surface area contributed by atoms with Crippen LogP contribution in [-0.2, 0) is 0 Å². The number of rotatable bonds is 0. The molecule has 0 radical (unpaired) electrons. The predicted molar refractivity (Wildman–Crippen MR) is 60.0 cm³/mol. The van der Waals surface area contributed by atoms with Gasteiger partial charge in [0.1, 0.15) is 0 Å². The molecule has 0 N–H and O–H groups in total. The second-order valence-electron chi connectivity index (χ2n) is 3.15. The minimum Gasteiger partial charge on any atom is -0.184 e. The summed E-state index contributed by atoms with van der Waals surface area (Å²) in [6, 6.07) is 21.6. The Morgan fingerprint density at radius 2 is 0.933 bits per heavy atom. The average molecular weight is 221 g/mol. The largest absolute Gasteiger partial charge is 1.00 e. The zero-order valence-electron chi connectivity index (χ0n) is 9.62. The molecule has 0 aromatic heterocycles. The van der Waals surface area contributed by atoms with E-state index in [0.29, 0.717) is 0 Å².